The number of carbonyl (C=O) groups excluding carboxylic acids is 2. The van der Waals surface area contributed by atoms with Gasteiger partial charge in [0, 0.05) is 5.56 Å². The third-order valence-corrected chi connectivity index (χ3v) is 8.17. The molecule has 0 aliphatic heterocycles. The summed E-state index contributed by atoms with van der Waals surface area (Å²) in [5.74, 6) is 2.16. The van der Waals surface area contributed by atoms with Gasteiger partial charge in [-0.25, -0.2) is 0 Å². The molecule has 0 amide bonds. The summed E-state index contributed by atoms with van der Waals surface area (Å²) < 4.78 is 5.50. The Labute approximate surface area is 177 Å². The first kappa shape index (κ1) is 18.4. The molecule has 4 fully saturated rings. The summed E-state index contributed by atoms with van der Waals surface area (Å²) >= 11 is 0. The molecule has 0 atom stereocenters. The lowest BCUT2D eigenvalue weighted by Crippen LogP contribution is -2.47. The second-order valence-electron chi connectivity index (χ2n) is 10.4. The summed E-state index contributed by atoms with van der Waals surface area (Å²) in [6.45, 7) is -0.147. The maximum Gasteiger partial charge on any atom is 0.306 e. The Morgan fingerprint density at radius 1 is 0.867 bits per heavy atom. The smallest absolute Gasteiger partial charge is 0.306 e. The number of esters is 1. The van der Waals surface area contributed by atoms with Crippen LogP contribution >= 0.6 is 0 Å². The van der Waals surface area contributed by atoms with Crippen LogP contribution in [-0.4, -0.2) is 18.4 Å². The predicted octanol–water partition coefficient (Wildman–Crippen LogP) is 5.59. The van der Waals surface area contributed by atoms with Gasteiger partial charge in [-0.1, -0.05) is 36.4 Å². The van der Waals surface area contributed by atoms with Crippen molar-refractivity contribution >= 4 is 11.8 Å². The van der Waals surface area contributed by atoms with E-state index in [2.05, 4.69) is 18.2 Å². The minimum atomic E-state index is -0.184. The van der Waals surface area contributed by atoms with E-state index < -0.39 is 0 Å². The summed E-state index contributed by atoms with van der Waals surface area (Å²) in [7, 11) is 0. The summed E-state index contributed by atoms with van der Waals surface area (Å²) in [5.41, 5.74) is 5.70. The molecule has 0 unspecified atom stereocenters. The average molecular weight is 401 g/mol. The number of ketones is 1. The quantitative estimate of drug-likeness (QED) is 0.414. The molecule has 2 aromatic carbocycles. The van der Waals surface area contributed by atoms with E-state index in [1.165, 1.54) is 55.2 Å². The van der Waals surface area contributed by atoms with Gasteiger partial charge in [-0.05, 0) is 96.4 Å². The van der Waals surface area contributed by atoms with Gasteiger partial charge in [0.2, 0.25) is 0 Å². The number of benzene rings is 2. The van der Waals surface area contributed by atoms with E-state index in [9.17, 15) is 9.59 Å². The van der Waals surface area contributed by atoms with Crippen molar-refractivity contribution in [2.24, 2.45) is 23.2 Å². The highest BCUT2D eigenvalue weighted by Gasteiger charge is 2.51. The van der Waals surface area contributed by atoms with Crippen LogP contribution in [-0.2, 0) is 16.0 Å². The van der Waals surface area contributed by atoms with E-state index in [1.54, 1.807) is 0 Å². The molecule has 0 radical (unpaired) electrons. The molecule has 2 aromatic rings. The number of fused-ring (bicyclic) bond motifs is 3. The Morgan fingerprint density at radius 2 is 1.53 bits per heavy atom. The summed E-state index contributed by atoms with van der Waals surface area (Å²) in [5, 5.41) is 0. The van der Waals surface area contributed by atoms with Gasteiger partial charge in [0.1, 0.15) is 0 Å². The topological polar surface area (TPSA) is 43.4 Å². The highest BCUT2D eigenvalue weighted by atomic mass is 16.5. The standard InChI is InChI=1S/C27H28O3/c28-25(22-6-5-21-10-20-3-1-2-4-23(20)24(21)11-22)16-30-26(29)15-27-12-17-7-18(13-27)9-19(8-17)14-27/h1-6,11,17-19H,7-10,12-16H2. The predicted molar refractivity (Wildman–Crippen MR) is 115 cm³/mol. The fraction of sp³-hybridized carbons (Fsp3) is 0.481. The van der Waals surface area contributed by atoms with Gasteiger partial charge in [0.15, 0.2) is 12.4 Å². The highest BCUT2D eigenvalue weighted by Crippen LogP contribution is 2.61. The molecule has 0 aromatic heterocycles. The minimum Gasteiger partial charge on any atom is -0.457 e. The van der Waals surface area contributed by atoms with E-state index in [4.69, 9.17) is 4.74 Å². The fourth-order valence-electron chi connectivity index (χ4n) is 7.39. The molecule has 0 N–H and O–H groups in total. The first-order chi connectivity index (χ1) is 14.6. The van der Waals surface area contributed by atoms with Crippen molar-refractivity contribution in [2.45, 2.75) is 51.4 Å². The van der Waals surface area contributed by atoms with Crippen molar-refractivity contribution in [3.8, 4) is 11.1 Å². The molecule has 0 spiro atoms. The number of hydrogen-bond acceptors (Lipinski definition) is 3. The van der Waals surface area contributed by atoms with E-state index >= 15 is 0 Å². The van der Waals surface area contributed by atoms with Crippen LogP contribution in [0.2, 0.25) is 0 Å². The monoisotopic (exact) mass is 400 g/mol. The van der Waals surface area contributed by atoms with Crippen molar-refractivity contribution in [3.63, 3.8) is 0 Å². The summed E-state index contributed by atoms with van der Waals surface area (Å²) in [4.78, 5) is 25.4. The second-order valence-corrected chi connectivity index (χ2v) is 10.4. The number of rotatable bonds is 5. The molecule has 5 aliphatic carbocycles. The van der Waals surface area contributed by atoms with Crippen LogP contribution in [0.15, 0.2) is 42.5 Å². The third kappa shape index (κ3) is 3.10. The Kier molecular flexibility index (Phi) is 4.16. The molecule has 154 valence electrons. The zero-order valence-electron chi connectivity index (χ0n) is 17.4. The van der Waals surface area contributed by atoms with Crippen LogP contribution in [0.5, 0.6) is 0 Å². The zero-order chi connectivity index (χ0) is 20.3. The van der Waals surface area contributed by atoms with Crippen molar-refractivity contribution in [2.75, 3.05) is 6.61 Å². The van der Waals surface area contributed by atoms with Crippen molar-refractivity contribution in [3.05, 3.63) is 59.2 Å². The van der Waals surface area contributed by atoms with Gasteiger partial charge >= 0.3 is 5.97 Å². The van der Waals surface area contributed by atoms with E-state index in [0.717, 1.165) is 29.7 Å². The number of Topliss-reactive ketones (excluding diaryl/α,β-unsaturated/α-hetero) is 1. The molecule has 0 heterocycles. The van der Waals surface area contributed by atoms with E-state index in [0.29, 0.717) is 12.0 Å². The molecular weight excluding hydrogens is 372 g/mol. The average Bonchev–Trinajstić information content (AvgIpc) is 3.08. The Balaban J connectivity index is 1.11. The first-order valence-corrected chi connectivity index (χ1v) is 11.5. The molecule has 5 aliphatic rings. The Morgan fingerprint density at radius 3 is 2.27 bits per heavy atom. The van der Waals surface area contributed by atoms with Crippen LogP contribution in [0.3, 0.4) is 0 Å². The minimum absolute atomic E-state index is 0.110. The maximum atomic E-state index is 12.7. The zero-order valence-corrected chi connectivity index (χ0v) is 17.4. The molecule has 3 nitrogen and oxygen atoms in total. The van der Waals surface area contributed by atoms with Crippen LogP contribution < -0.4 is 0 Å². The van der Waals surface area contributed by atoms with Crippen LogP contribution in [0.25, 0.3) is 11.1 Å². The maximum absolute atomic E-state index is 12.7. The van der Waals surface area contributed by atoms with Gasteiger partial charge < -0.3 is 4.74 Å². The number of hydrogen-bond donors (Lipinski definition) is 0. The number of carbonyl (C=O) groups is 2. The van der Waals surface area contributed by atoms with Gasteiger partial charge in [-0.2, -0.15) is 0 Å². The van der Waals surface area contributed by atoms with Crippen molar-refractivity contribution < 1.29 is 14.3 Å². The highest BCUT2D eigenvalue weighted by molar-refractivity contribution is 5.99. The first-order valence-electron chi connectivity index (χ1n) is 11.5. The lowest BCUT2D eigenvalue weighted by molar-refractivity contribution is -0.150. The van der Waals surface area contributed by atoms with Crippen molar-refractivity contribution in [1.82, 2.24) is 0 Å². The van der Waals surface area contributed by atoms with E-state index in [1.807, 2.05) is 24.3 Å². The molecular formula is C27H28O3. The molecule has 4 bridgehead atoms. The van der Waals surface area contributed by atoms with Crippen molar-refractivity contribution in [1.29, 1.82) is 0 Å². The SMILES string of the molecule is O=C(CC12CC3CC(CC(C3)C1)C2)OCC(=O)c1ccc2c(c1)-c1ccccc1C2. The molecule has 3 heteroatoms. The normalized spacial score (nSPS) is 30.1. The fourth-order valence-corrected chi connectivity index (χ4v) is 7.39. The van der Waals surface area contributed by atoms with Crippen LogP contribution in [0.1, 0.15) is 66.4 Å². The Bertz CT molecular complexity index is 999. The lowest BCUT2D eigenvalue weighted by atomic mass is 9.49. The summed E-state index contributed by atoms with van der Waals surface area (Å²) in [6.07, 6.45) is 9.09. The lowest BCUT2D eigenvalue weighted by Gasteiger charge is -2.56. The van der Waals surface area contributed by atoms with Gasteiger partial charge in [0.25, 0.3) is 0 Å². The third-order valence-electron chi connectivity index (χ3n) is 8.17. The van der Waals surface area contributed by atoms with Gasteiger partial charge in [-0.15, -0.1) is 0 Å². The molecule has 7 rings (SSSR count). The Hall–Kier alpha value is -2.42. The molecule has 30 heavy (non-hydrogen) atoms. The molecule has 0 saturated heterocycles. The van der Waals surface area contributed by atoms with Gasteiger partial charge in [-0.3, -0.25) is 9.59 Å². The molecule has 4 saturated carbocycles. The number of ether oxygens (including phenoxy) is 1. The summed E-state index contributed by atoms with van der Waals surface area (Å²) in [6, 6.07) is 14.2. The largest absolute Gasteiger partial charge is 0.457 e. The second kappa shape index (κ2) is 6.80. The van der Waals surface area contributed by atoms with E-state index in [-0.39, 0.29) is 23.8 Å². The van der Waals surface area contributed by atoms with Gasteiger partial charge in [0.05, 0.1) is 6.42 Å². The van der Waals surface area contributed by atoms with Crippen LogP contribution in [0, 0.1) is 23.2 Å². The van der Waals surface area contributed by atoms with Crippen LogP contribution in [0.4, 0.5) is 0 Å².